The van der Waals surface area contributed by atoms with E-state index in [1.165, 1.54) is 19.2 Å². The molecular formula is C23H21N3O3. The highest BCUT2D eigenvalue weighted by atomic mass is 16.2. The summed E-state index contributed by atoms with van der Waals surface area (Å²) in [5.74, 6) is -0.810. The quantitative estimate of drug-likeness (QED) is 0.635. The van der Waals surface area contributed by atoms with Gasteiger partial charge in [-0.15, -0.1) is 0 Å². The van der Waals surface area contributed by atoms with Crippen molar-refractivity contribution in [3.8, 4) is 0 Å². The van der Waals surface area contributed by atoms with Crippen LogP contribution in [0.5, 0.6) is 0 Å². The molecule has 2 N–H and O–H groups in total. The largest absolute Gasteiger partial charge is 0.322 e. The molecule has 6 nitrogen and oxygen atoms in total. The molecule has 3 rings (SSSR count). The van der Waals surface area contributed by atoms with Gasteiger partial charge in [0.15, 0.2) is 5.78 Å². The molecule has 0 aliphatic rings. The number of hydrogen-bond donors (Lipinski definition) is 2. The van der Waals surface area contributed by atoms with Gasteiger partial charge in [-0.25, -0.2) is 0 Å². The van der Waals surface area contributed by atoms with E-state index in [0.29, 0.717) is 16.8 Å². The number of benzene rings is 2. The van der Waals surface area contributed by atoms with Gasteiger partial charge in [0.25, 0.3) is 11.8 Å². The second kappa shape index (κ2) is 8.48. The van der Waals surface area contributed by atoms with Gasteiger partial charge in [0.1, 0.15) is 5.69 Å². The number of rotatable bonds is 5. The maximum atomic E-state index is 12.6. The van der Waals surface area contributed by atoms with Gasteiger partial charge < -0.3 is 10.6 Å². The summed E-state index contributed by atoms with van der Waals surface area (Å²) in [5.41, 5.74) is 4.34. The van der Waals surface area contributed by atoms with E-state index in [9.17, 15) is 14.4 Å². The van der Waals surface area contributed by atoms with Crippen LogP contribution in [-0.2, 0) is 0 Å². The molecule has 0 radical (unpaired) electrons. The van der Waals surface area contributed by atoms with Crippen molar-refractivity contribution in [1.82, 2.24) is 4.98 Å². The van der Waals surface area contributed by atoms with Crippen molar-refractivity contribution in [2.24, 2.45) is 0 Å². The van der Waals surface area contributed by atoms with Crippen molar-refractivity contribution in [3.05, 3.63) is 88.7 Å². The summed E-state index contributed by atoms with van der Waals surface area (Å²) in [6.45, 7) is 5.39. The second-order valence-corrected chi connectivity index (χ2v) is 6.72. The maximum Gasteiger partial charge on any atom is 0.274 e. The molecule has 0 saturated carbocycles. The molecule has 0 aliphatic carbocycles. The SMILES string of the molecule is CC(=O)c1ccc(NC(=O)c2cc(C(=O)Nc3cccc(C)c3C)ccn2)cc1. The summed E-state index contributed by atoms with van der Waals surface area (Å²) in [7, 11) is 0. The standard InChI is InChI=1S/C23H21N3O3/c1-14-5-4-6-20(15(14)2)26-22(28)18-11-12-24-21(13-18)23(29)25-19-9-7-17(8-10-19)16(3)27/h4-13H,1-3H3,(H,25,29)(H,26,28). The van der Waals surface area contributed by atoms with E-state index in [1.54, 1.807) is 30.3 Å². The number of hydrogen-bond acceptors (Lipinski definition) is 4. The lowest BCUT2D eigenvalue weighted by molar-refractivity contribution is 0.101. The van der Waals surface area contributed by atoms with Gasteiger partial charge in [-0.3, -0.25) is 19.4 Å². The minimum Gasteiger partial charge on any atom is -0.322 e. The molecule has 2 aromatic carbocycles. The zero-order valence-electron chi connectivity index (χ0n) is 16.4. The van der Waals surface area contributed by atoms with E-state index >= 15 is 0 Å². The Balaban J connectivity index is 1.74. The van der Waals surface area contributed by atoms with Crippen LogP contribution < -0.4 is 10.6 Å². The number of aryl methyl sites for hydroxylation is 1. The van der Waals surface area contributed by atoms with Crippen molar-refractivity contribution in [3.63, 3.8) is 0 Å². The Morgan fingerprint density at radius 2 is 1.55 bits per heavy atom. The summed E-state index contributed by atoms with van der Waals surface area (Å²) in [6.07, 6.45) is 1.42. The van der Waals surface area contributed by atoms with Crippen molar-refractivity contribution < 1.29 is 14.4 Å². The number of amides is 2. The molecule has 3 aromatic rings. The molecule has 0 bridgehead atoms. The van der Waals surface area contributed by atoms with Gasteiger partial charge in [0, 0.05) is 28.7 Å². The lowest BCUT2D eigenvalue weighted by Gasteiger charge is -2.11. The van der Waals surface area contributed by atoms with E-state index in [0.717, 1.165) is 16.8 Å². The minimum absolute atomic E-state index is 0.0490. The van der Waals surface area contributed by atoms with Crippen molar-refractivity contribution in [2.45, 2.75) is 20.8 Å². The van der Waals surface area contributed by atoms with Crippen LogP contribution >= 0.6 is 0 Å². The Hall–Kier alpha value is -3.80. The van der Waals surface area contributed by atoms with Crippen molar-refractivity contribution >= 4 is 29.0 Å². The lowest BCUT2D eigenvalue weighted by Crippen LogP contribution is -2.17. The van der Waals surface area contributed by atoms with Crippen LogP contribution in [0, 0.1) is 13.8 Å². The van der Waals surface area contributed by atoms with E-state index in [4.69, 9.17) is 0 Å². The third kappa shape index (κ3) is 4.73. The Kier molecular flexibility index (Phi) is 5.83. The molecule has 1 aromatic heterocycles. The van der Waals surface area contributed by atoms with E-state index in [-0.39, 0.29) is 17.4 Å². The highest BCUT2D eigenvalue weighted by molar-refractivity contribution is 6.08. The zero-order valence-corrected chi connectivity index (χ0v) is 16.4. The van der Waals surface area contributed by atoms with E-state index < -0.39 is 5.91 Å². The van der Waals surface area contributed by atoms with E-state index in [2.05, 4.69) is 15.6 Å². The highest BCUT2D eigenvalue weighted by Crippen LogP contribution is 2.19. The Labute approximate surface area is 169 Å². The minimum atomic E-state index is -0.443. The van der Waals surface area contributed by atoms with Gasteiger partial charge in [-0.2, -0.15) is 0 Å². The molecule has 0 spiro atoms. The van der Waals surface area contributed by atoms with Crippen LogP contribution in [0.4, 0.5) is 11.4 Å². The smallest absolute Gasteiger partial charge is 0.274 e. The van der Waals surface area contributed by atoms with Crippen LogP contribution in [0.2, 0.25) is 0 Å². The lowest BCUT2D eigenvalue weighted by atomic mass is 10.1. The van der Waals surface area contributed by atoms with Gasteiger partial charge >= 0.3 is 0 Å². The highest BCUT2D eigenvalue weighted by Gasteiger charge is 2.13. The van der Waals surface area contributed by atoms with Crippen LogP contribution in [0.1, 0.15) is 49.3 Å². The summed E-state index contributed by atoms with van der Waals surface area (Å²) in [5, 5.41) is 5.58. The first kappa shape index (κ1) is 19.9. The average Bonchev–Trinajstić information content (AvgIpc) is 2.72. The maximum absolute atomic E-state index is 12.6. The van der Waals surface area contributed by atoms with Gasteiger partial charge in [-0.1, -0.05) is 12.1 Å². The molecule has 0 saturated heterocycles. The molecule has 2 amide bonds. The molecule has 0 unspecified atom stereocenters. The van der Waals surface area contributed by atoms with Crippen molar-refractivity contribution in [1.29, 1.82) is 0 Å². The Morgan fingerprint density at radius 1 is 0.828 bits per heavy atom. The second-order valence-electron chi connectivity index (χ2n) is 6.72. The number of ketones is 1. The molecular weight excluding hydrogens is 366 g/mol. The third-order valence-electron chi connectivity index (χ3n) is 4.66. The monoisotopic (exact) mass is 387 g/mol. The number of aromatic nitrogens is 1. The van der Waals surface area contributed by atoms with E-state index in [1.807, 2.05) is 32.0 Å². The summed E-state index contributed by atoms with van der Waals surface area (Å²) >= 11 is 0. The molecule has 0 aliphatic heterocycles. The van der Waals surface area contributed by atoms with Crippen molar-refractivity contribution in [2.75, 3.05) is 10.6 Å². The van der Waals surface area contributed by atoms with Gasteiger partial charge in [0.05, 0.1) is 0 Å². The fraction of sp³-hybridized carbons (Fsp3) is 0.130. The molecule has 0 fully saturated rings. The number of nitrogens with one attached hydrogen (secondary N) is 2. The first-order valence-corrected chi connectivity index (χ1v) is 9.11. The number of Topliss-reactive ketones (excluding diaryl/α,β-unsaturated/α-hetero) is 1. The number of nitrogens with zero attached hydrogens (tertiary/aromatic N) is 1. The fourth-order valence-electron chi connectivity index (χ4n) is 2.76. The van der Waals surface area contributed by atoms with Gasteiger partial charge in [0.2, 0.25) is 0 Å². The molecule has 1 heterocycles. The van der Waals surface area contributed by atoms with Crippen LogP contribution in [-0.4, -0.2) is 22.6 Å². The predicted octanol–water partition coefficient (Wildman–Crippen LogP) is 4.41. The topological polar surface area (TPSA) is 88.2 Å². The first-order chi connectivity index (χ1) is 13.8. The fourth-order valence-corrected chi connectivity index (χ4v) is 2.76. The number of carbonyl (C=O) groups excluding carboxylic acids is 3. The van der Waals surface area contributed by atoms with Crippen LogP contribution in [0.25, 0.3) is 0 Å². The molecule has 6 heteroatoms. The molecule has 0 atom stereocenters. The summed E-state index contributed by atoms with van der Waals surface area (Å²) in [4.78, 5) is 40.5. The Morgan fingerprint density at radius 3 is 2.24 bits per heavy atom. The number of carbonyl (C=O) groups is 3. The summed E-state index contributed by atoms with van der Waals surface area (Å²) < 4.78 is 0. The predicted molar refractivity (Wildman–Crippen MR) is 113 cm³/mol. The zero-order chi connectivity index (χ0) is 21.0. The number of anilines is 2. The van der Waals surface area contributed by atoms with Crippen LogP contribution in [0.3, 0.4) is 0 Å². The van der Waals surface area contributed by atoms with Crippen LogP contribution in [0.15, 0.2) is 60.8 Å². The normalized spacial score (nSPS) is 10.3. The summed E-state index contributed by atoms with van der Waals surface area (Å²) in [6, 6.07) is 15.2. The van der Waals surface area contributed by atoms with Gasteiger partial charge in [-0.05, 0) is 74.4 Å². The number of pyridine rings is 1. The average molecular weight is 387 g/mol. The molecule has 29 heavy (non-hydrogen) atoms. The Bertz CT molecular complexity index is 1090. The first-order valence-electron chi connectivity index (χ1n) is 9.11. The molecule has 146 valence electrons. The third-order valence-corrected chi connectivity index (χ3v) is 4.66.